The molecule has 4 spiro atoms. The van der Waals surface area contributed by atoms with Gasteiger partial charge in [0.25, 0.3) is 0 Å². The van der Waals surface area contributed by atoms with Crippen LogP contribution in [0, 0.1) is 25.0 Å². The van der Waals surface area contributed by atoms with E-state index in [1.807, 2.05) is 54.6 Å². The third-order valence-corrected chi connectivity index (χ3v) is 13.1. The number of guanidine groups is 2. The van der Waals surface area contributed by atoms with Gasteiger partial charge < -0.3 is 31.0 Å². The Morgan fingerprint density at radius 2 is 1.21 bits per heavy atom. The van der Waals surface area contributed by atoms with E-state index in [1.165, 1.54) is 12.5 Å². The third kappa shape index (κ3) is 8.33. The average Bonchev–Trinajstić information content (AvgIpc) is 3.96. The van der Waals surface area contributed by atoms with E-state index in [9.17, 15) is 0 Å². The number of rotatable bonds is 2. The minimum Gasteiger partial charge on any atom is -0.487 e. The molecule has 320 valence electrons. The molecule has 2 fully saturated rings. The number of halogens is 1. The first-order valence-corrected chi connectivity index (χ1v) is 21.6. The second kappa shape index (κ2) is 16.6. The molecule has 0 saturated heterocycles. The van der Waals surface area contributed by atoms with Gasteiger partial charge in [0.15, 0.2) is 11.4 Å². The van der Waals surface area contributed by atoms with Crippen LogP contribution in [-0.4, -0.2) is 64.5 Å². The molecule has 4 aromatic rings. The van der Waals surface area contributed by atoms with Gasteiger partial charge in [-0.25, -0.2) is 39.5 Å². The van der Waals surface area contributed by atoms with Crippen LogP contribution in [0.3, 0.4) is 0 Å². The van der Waals surface area contributed by atoms with E-state index < -0.39 is 18.6 Å². The van der Waals surface area contributed by atoms with Crippen LogP contribution in [0.15, 0.2) is 99.4 Å². The summed E-state index contributed by atoms with van der Waals surface area (Å²) < 4.78 is 14.0. The lowest BCUT2D eigenvalue weighted by atomic mass is 9.80. The van der Waals surface area contributed by atoms with E-state index in [2.05, 4.69) is 50.5 Å². The van der Waals surface area contributed by atoms with Gasteiger partial charge >= 0.3 is 7.12 Å². The molecule has 6 atom stereocenters. The minimum atomic E-state index is -1.49. The van der Waals surface area contributed by atoms with E-state index >= 15 is 0 Å². The van der Waals surface area contributed by atoms with Gasteiger partial charge in [0, 0.05) is 31.4 Å². The van der Waals surface area contributed by atoms with Crippen molar-refractivity contribution in [1.29, 1.82) is 0 Å². The molecule has 4 aromatic carbocycles. The van der Waals surface area contributed by atoms with Crippen molar-refractivity contribution in [2.75, 3.05) is 14.1 Å². The van der Waals surface area contributed by atoms with Crippen LogP contribution in [-0.2, 0) is 21.1 Å². The highest BCUT2D eigenvalue weighted by atomic mass is 79.9. The second-order valence-corrected chi connectivity index (χ2v) is 18.3. The highest BCUT2D eigenvalue weighted by molar-refractivity contribution is 9.10. The summed E-state index contributed by atoms with van der Waals surface area (Å²) in [4.78, 5) is 28.5. The Kier molecular flexibility index (Phi) is 11.5. The zero-order chi connectivity index (χ0) is 44.0. The molecule has 4 aliphatic heterocycles. The first-order valence-electron chi connectivity index (χ1n) is 20.8. The lowest BCUT2D eigenvalue weighted by Gasteiger charge is -2.43. The zero-order valence-corrected chi connectivity index (χ0v) is 36.8. The fraction of sp³-hybridized carbons (Fsp3) is 0.391. The molecule has 62 heavy (non-hydrogen) atoms. The maximum absolute atomic E-state index is 8.70. The van der Waals surface area contributed by atoms with Crippen LogP contribution in [0.25, 0.3) is 20.8 Å². The number of nitrogens with zero attached hydrogens (tertiary/aromatic N) is 6. The molecule has 0 radical (unpaired) electrons. The maximum atomic E-state index is 8.70. The summed E-state index contributed by atoms with van der Waals surface area (Å²) >= 11 is 3.53. The van der Waals surface area contributed by atoms with Crippen LogP contribution < -0.4 is 26.4 Å². The Morgan fingerprint density at radius 1 is 0.710 bits per heavy atom. The Labute approximate surface area is 371 Å². The van der Waals surface area contributed by atoms with Gasteiger partial charge in [0.05, 0.1) is 24.3 Å². The SMILES string of the molecule is CC1CCC2(C1)CC1(N=C(N)N(C)O1)c1cc(Br)ccc1O2.[C-]#[N+]c1cccc(-c2ccc3c(c2)C2(CC4(CCC(C)C4)O3)N=C(N)N(C)O2)c1.[C-]#[N+]c1cccc(B(O)O)c1. The summed E-state index contributed by atoms with van der Waals surface area (Å²) in [6.45, 7) is 18.5. The monoisotopic (exact) mass is 900 g/mol. The predicted octanol–water partition coefficient (Wildman–Crippen LogP) is 7.64. The van der Waals surface area contributed by atoms with Crippen molar-refractivity contribution in [2.24, 2.45) is 33.3 Å². The summed E-state index contributed by atoms with van der Waals surface area (Å²) in [5.41, 5.74) is 15.2. The number of ether oxygens (including phenoxy) is 2. The molecule has 6 unspecified atom stereocenters. The Bertz CT molecular complexity index is 2530. The molecule has 6 N–H and O–H groups in total. The topological polar surface area (TPSA) is 169 Å². The van der Waals surface area contributed by atoms with E-state index in [0.29, 0.717) is 53.4 Å². The normalized spacial score (nSPS) is 28.7. The maximum Gasteiger partial charge on any atom is 0.487 e. The third-order valence-electron chi connectivity index (χ3n) is 12.6. The molecule has 4 heterocycles. The Morgan fingerprint density at radius 3 is 1.69 bits per heavy atom. The molecule has 10 rings (SSSR count). The molecule has 0 aromatic heterocycles. The molecule has 0 bridgehead atoms. The summed E-state index contributed by atoms with van der Waals surface area (Å²) in [6.07, 6.45) is 7.73. The highest BCUT2D eigenvalue weighted by Gasteiger charge is 2.57. The minimum absolute atomic E-state index is 0.199. The number of aliphatic imine (C=N–C) groups is 2. The summed E-state index contributed by atoms with van der Waals surface area (Å²) in [6, 6.07) is 26.0. The van der Waals surface area contributed by atoms with Crippen molar-refractivity contribution in [3.63, 3.8) is 0 Å². The smallest absolute Gasteiger partial charge is 0.487 e. The lowest BCUT2D eigenvalue weighted by molar-refractivity contribution is -0.204. The largest absolute Gasteiger partial charge is 0.487 e. The number of benzene rings is 4. The predicted molar refractivity (Wildman–Crippen MR) is 241 cm³/mol. The molecule has 14 nitrogen and oxygen atoms in total. The molecule has 6 aliphatic rings. The standard InChI is InChI=1S/C23H24N4O2.C16H20BrN3O2.C7H6BNO2/c1-15-9-10-22(13-15)14-23(26-21(24)27(3)29-23)19-12-17(7-8-20(19)28-22)16-5-4-6-18(11-16)25-2;1-10-5-6-15(8-10)9-16(19-14(18)20(2)22-16)12-7-11(17)3-4-13(12)21-15;1-9-7-4-2-3-6(5-7)8(10)11/h4-8,11-12,15H,9-10,13-14H2,1,3H3,(H2,24,26);3-4,7,10H,5-6,8-9H2,1-2H3,(H2,18,19);2-5,10-11H. The van der Waals surface area contributed by atoms with E-state index in [-0.39, 0.29) is 11.2 Å². The van der Waals surface area contributed by atoms with Gasteiger partial charge in [0.1, 0.15) is 22.7 Å². The van der Waals surface area contributed by atoms with Crippen molar-refractivity contribution in [3.8, 4) is 22.6 Å². The molecular weight excluding hydrogens is 851 g/mol. The molecule has 0 amide bonds. The number of fused-ring (bicyclic) bond motifs is 4. The fourth-order valence-corrected chi connectivity index (χ4v) is 10.1. The van der Waals surface area contributed by atoms with Gasteiger partial charge in [-0.3, -0.25) is 0 Å². The quantitative estimate of drug-likeness (QED) is 0.116. The van der Waals surface area contributed by atoms with Crippen molar-refractivity contribution in [1.82, 2.24) is 10.1 Å². The van der Waals surface area contributed by atoms with Crippen LogP contribution in [0.2, 0.25) is 0 Å². The van der Waals surface area contributed by atoms with Crippen LogP contribution in [0.4, 0.5) is 11.4 Å². The van der Waals surface area contributed by atoms with Crippen molar-refractivity contribution < 1.29 is 29.2 Å². The number of nitrogens with two attached hydrogens (primary N) is 2. The van der Waals surface area contributed by atoms with Crippen molar-refractivity contribution >= 4 is 51.8 Å². The second-order valence-electron chi connectivity index (χ2n) is 17.4. The Hall–Kier alpha value is -5.62. The van der Waals surface area contributed by atoms with E-state index in [1.54, 1.807) is 42.4 Å². The molecule has 16 heteroatoms. The highest BCUT2D eigenvalue weighted by Crippen LogP contribution is 2.56. The number of hydrogen-bond donors (Lipinski definition) is 4. The molecule has 2 saturated carbocycles. The molecule has 2 aliphatic carbocycles. The fourth-order valence-electron chi connectivity index (χ4n) is 9.78. The van der Waals surface area contributed by atoms with Gasteiger partial charge in [-0.15, -0.1) is 0 Å². The van der Waals surface area contributed by atoms with Crippen molar-refractivity contribution in [2.45, 2.75) is 87.9 Å². The molecular formula is C46H50BBrN8O6. The summed E-state index contributed by atoms with van der Waals surface area (Å²) in [5.74, 6) is 3.73. The number of hydroxylamine groups is 4. The average molecular weight is 902 g/mol. The zero-order valence-electron chi connectivity index (χ0n) is 35.2. The lowest BCUT2D eigenvalue weighted by Crippen LogP contribution is -2.47. The summed E-state index contributed by atoms with van der Waals surface area (Å²) in [7, 11) is 2.09. The van der Waals surface area contributed by atoms with Gasteiger partial charge in [-0.05, 0) is 103 Å². The van der Waals surface area contributed by atoms with Crippen LogP contribution in [0.5, 0.6) is 11.5 Å². The number of hydrogen-bond acceptors (Lipinski definition) is 12. The van der Waals surface area contributed by atoms with Crippen LogP contribution in [0.1, 0.15) is 76.3 Å². The summed E-state index contributed by atoms with van der Waals surface area (Å²) in [5, 5.41) is 20.5. The van der Waals surface area contributed by atoms with E-state index in [4.69, 9.17) is 58.8 Å². The van der Waals surface area contributed by atoms with E-state index in [0.717, 1.165) is 70.3 Å². The first-order chi connectivity index (χ1) is 29.6. The van der Waals surface area contributed by atoms with Gasteiger partial charge in [-0.2, -0.15) is 0 Å². The van der Waals surface area contributed by atoms with Gasteiger partial charge in [-0.1, -0.05) is 78.3 Å². The first kappa shape index (κ1) is 43.1. The Balaban J connectivity index is 0.000000141. The van der Waals surface area contributed by atoms with Crippen LogP contribution >= 0.6 is 15.9 Å². The van der Waals surface area contributed by atoms with Gasteiger partial charge in [0.2, 0.25) is 23.4 Å². The van der Waals surface area contributed by atoms with Crippen molar-refractivity contribution in [3.05, 3.63) is 123 Å².